The molecule has 2 N–H and O–H groups in total. The standard InChI is InChI=1S/C11H15FN2O.ClH/c1-15-8-2-3-10(12)9(6-8)11-7-13-4-5-14-11;/h2-3,6,11,13-14H,4-5,7H2,1H3;1H/t11-;/m0./s1. The van der Waals surface area contributed by atoms with Gasteiger partial charge in [-0.2, -0.15) is 0 Å². The van der Waals surface area contributed by atoms with Gasteiger partial charge in [0.25, 0.3) is 0 Å². The number of halogens is 2. The van der Waals surface area contributed by atoms with Crippen molar-refractivity contribution >= 4 is 12.4 Å². The van der Waals surface area contributed by atoms with Gasteiger partial charge in [-0.1, -0.05) is 0 Å². The van der Waals surface area contributed by atoms with E-state index in [1.54, 1.807) is 19.2 Å². The highest BCUT2D eigenvalue weighted by atomic mass is 35.5. The molecule has 0 spiro atoms. The van der Waals surface area contributed by atoms with E-state index in [-0.39, 0.29) is 24.3 Å². The number of nitrogens with one attached hydrogen (secondary N) is 2. The van der Waals surface area contributed by atoms with E-state index < -0.39 is 0 Å². The Bertz CT molecular complexity index is 343. The molecule has 1 heterocycles. The number of hydrogen-bond acceptors (Lipinski definition) is 3. The fourth-order valence-corrected chi connectivity index (χ4v) is 1.79. The fourth-order valence-electron chi connectivity index (χ4n) is 1.79. The van der Waals surface area contributed by atoms with Crippen LogP contribution in [0.5, 0.6) is 5.75 Å². The first kappa shape index (κ1) is 13.2. The van der Waals surface area contributed by atoms with Crippen LogP contribution in [0.3, 0.4) is 0 Å². The van der Waals surface area contributed by atoms with Crippen molar-refractivity contribution in [2.75, 3.05) is 26.7 Å². The summed E-state index contributed by atoms with van der Waals surface area (Å²) in [6, 6.07) is 4.87. The van der Waals surface area contributed by atoms with Crippen molar-refractivity contribution in [3.8, 4) is 5.75 Å². The van der Waals surface area contributed by atoms with Crippen molar-refractivity contribution in [2.45, 2.75) is 6.04 Å². The van der Waals surface area contributed by atoms with E-state index in [0.717, 1.165) is 19.6 Å². The second-order valence-corrected chi connectivity index (χ2v) is 3.60. The number of ether oxygens (including phenoxy) is 1. The summed E-state index contributed by atoms with van der Waals surface area (Å²) < 4.78 is 18.7. The molecule has 16 heavy (non-hydrogen) atoms. The van der Waals surface area contributed by atoms with E-state index in [4.69, 9.17) is 4.74 Å². The summed E-state index contributed by atoms with van der Waals surface area (Å²) in [4.78, 5) is 0. The first-order valence-electron chi connectivity index (χ1n) is 5.09. The smallest absolute Gasteiger partial charge is 0.128 e. The zero-order chi connectivity index (χ0) is 10.7. The van der Waals surface area contributed by atoms with Crippen LogP contribution >= 0.6 is 12.4 Å². The molecule has 2 rings (SSSR count). The summed E-state index contributed by atoms with van der Waals surface area (Å²) in [7, 11) is 1.59. The number of piperazine rings is 1. The Morgan fingerprint density at radius 1 is 1.38 bits per heavy atom. The van der Waals surface area contributed by atoms with Gasteiger partial charge in [0.1, 0.15) is 11.6 Å². The average molecular weight is 247 g/mol. The lowest BCUT2D eigenvalue weighted by atomic mass is 10.0. The van der Waals surface area contributed by atoms with Crippen molar-refractivity contribution in [1.82, 2.24) is 10.6 Å². The summed E-state index contributed by atoms with van der Waals surface area (Å²) in [6.07, 6.45) is 0. The van der Waals surface area contributed by atoms with Gasteiger partial charge >= 0.3 is 0 Å². The van der Waals surface area contributed by atoms with Crippen LogP contribution < -0.4 is 15.4 Å². The zero-order valence-electron chi connectivity index (χ0n) is 9.13. The second-order valence-electron chi connectivity index (χ2n) is 3.60. The Labute approximate surface area is 101 Å². The van der Waals surface area contributed by atoms with Gasteiger partial charge in [0.05, 0.1) is 7.11 Å². The molecular formula is C11H16ClFN2O. The van der Waals surface area contributed by atoms with Crippen LogP contribution in [0.25, 0.3) is 0 Å². The molecule has 5 heteroatoms. The predicted octanol–water partition coefficient (Wildman–Crippen LogP) is 1.49. The molecule has 0 bridgehead atoms. The van der Waals surface area contributed by atoms with Gasteiger partial charge in [0.15, 0.2) is 0 Å². The Morgan fingerprint density at radius 3 is 2.81 bits per heavy atom. The lowest BCUT2D eigenvalue weighted by Crippen LogP contribution is -2.42. The largest absolute Gasteiger partial charge is 0.497 e. The molecule has 1 saturated heterocycles. The van der Waals surface area contributed by atoms with Crippen LogP contribution in [0.2, 0.25) is 0 Å². The van der Waals surface area contributed by atoms with Crippen LogP contribution in [0, 0.1) is 5.82 Å². The normalized spacial score (nSPS) is 20.0. The third-order valence-electron chi connectivity index (χ3n) is 2.62. The number of benzene rings is 1. The maximum Gasteiger partial charge on any atom is 0.128 e. The molecule has 1 aromatic carbocycles. The molecule has 0 saturated carbocycles. The van der Waals surface area contributed by atoms with Crippen molar-refractivity contribution in [3.63, 3.8) is 0 Å². The molecule has 3 nitrogen and oxygen atoms in total. The molecule has 1 fully saturated rings. The summed E-state index contributed by atoms with van der Waals surface area (Å²) in [5.41, 5.74) is 0.668. The number of hydrogen-bond donors (Lipinski definition) is 2. The topological polar surface area (TPSA) is 33.3 Å². The number of methoxy groups -OCH3 is 1. The first-order valence-corrected chi connectivity index (χ1v) is 5.09. The van der Waals surface area contributed by atoms with Crippen LogP contribution in [-0.2, 0) is 0 Å². The lowest BCUT2D eigenvalue weighted by Gasteiger charge is -2.25. The highest BCUT2D eigenvalue weighted by Crippen LogP contribution is 2.22. The summed E-state index contributed by atoms with van der Waals surface area (Å²) >= 11 is 0. The number of rotatable bonds is 2. The molecule has 1 aromatic rings. The minimum absolute atomic E-state index is 0. The Kier molecular flexibility index (Phi) is 4.99. The van der Waals surface area contributed by atoms with E-state index in [0.29, 0.717) is 11.3 Å². The quantitative estimate of drug-likeness (QED) is 0.830. The van der Waals surface area contributed by atoms with Gasteiger partial charge in [-0.15, -0.1) is 12.4 Å². The van der Waals surface area contributed by atoms with Crippen molar-refractivity contribution in [2.24, 2.45) is 0 Å². The van der Waals surface area contributed by atoms with Gasteiger partial charge in [-0.25, -0.2) is 4.39 Å². The van der Waals surface area contributed by atoms with Gasteiger partial charge in [-0.05, 0) is 18.2 Å². The van der Waals surface area contributed by atoms with Crippen LogP contribution in [0.15, 0.2) is 18.2 Å². The van der Waals surface area contributed by atoms with E-state index in [1.165, 1.54) is 6.07 Å². The lowest BCUT2D eigenvalue weighted by molar-refractivity contribution is 0.399. The van der Waals surface area contributed by atoms with Gasteiger partial charge in [-0.3, -0.25) is 0 Å². The zero-order valence-corrected chi connectivity index (χ0v) is 9.94. The van der Waals surface area contributed by atoms with E-state index in [9.17, 15) is 4.39 Å². The minimum Gasteiger partial charge on any atom is -0.497 e. The van der Waals surface area contributed by atoms with E-state index in [1.807, 2.05) is 0 Å². The van der Waals surface area contributed by atoms with Gasteiger partial charge < -0.3 is 15.4 Å². The minimum atomic E-state index is -0.183. The Balaban J connectivity index is 0.00000128. The molecule has 90 valence electrons. The molecule has 0 amide bonds. The Hall–Kier alpha value is -0.840. The SMILES string of the molecule is COc1ccc(F)c([C@@H]2CNCCN2)c1.Cl. The predicted molar refractivity (Wildman–Crippen MR) is 63.8 cm³/mol. The molecule has 0 radical (unpaired) electrons. The maximum atomic E-state index is 13.6. The Morgan fingerprint density at radius 2 is 2.19 bits per heavy atom. The second kappa shape index (κ2) is 6.03. The van der Waals surface area contributed by atoms with Crippen LogP contribution in [0.4, 0.5) is 4.39 Å². The average Bonchev–Trinajstić information content (AvgIpc) is 2.31. The van der Waals surface area contributed by atoms with Gasteiger partial charge in [0.2, 0.25) is 0 Å². The summed E-state index contributed by atoms with van der Waals surface area (Å²) in [5, 5.41) is 6.50. The maximum absolute atomic E-state index is 13.6. The molecule has 1 aliphatic heterocycles. The third-order valence-corrected chi connectivity index (χ3v) is 2.62. The fraction of sp³-hybridized carbons (Fsp3) is 0.455. The third kappa shape index (κ3) is 2.84. The van der Waals surface area contributed by atoms with Crippen molar-refractivity contribution in [1.29, 1.82) is 0 Å². The molecule has 0 unspecified atom stereocenters. The summed E-state index contributed by atoms with van der Waals surface area (Å²) in [6.45, 7) is 2.55. The van der Waals surface area contributed by atoms with Crippen LogP contribution in [0.1, 0.15) is 11.6 Å². The van der Waals surface area contributed by atoms with E-state index in [2.05, 4.69) is 10.6 Å². The molecule has 1 aliphatic rings. The van der Waals surface area contributed by atoms with Crippen molar-refractivity contribution < 1.29 is 9.13 Å². The monoisotopic (exact) mass is 246 g/mol. The molecule has 0 aromatic heterocycles. The highest BCUT2D eigenvalue weighted by Gasteiger charge is 2.18. The van der Waals surface area contributed by atoms with Crippen LogP contribution in [-0.4, -0.2) is 26.7 Å². The summed E-state index contributed by atoms with van der Waals surface area (Å²) in [5.74, 6) is 0.510. The van der Waals surface area contributed by atoms with Gasteiger partial charge in [0, 0.05) is 31.2 Å². The highest BCUT2D eigenvalue weighted by molar-refractivity contribution is 5.85. The molecular weight excluding hydrogens is 231 g/mol. The molecule has 0 aliphatic carbocycles. The molecule has 1 atom stereocenters. The van der Waals surface area contributed by atoms with Crippen molar-refractivity contribution in [3.05, 3.63) is 29.6 Å². The van der Waals surface area contributed by atoms with E-state index >= 15 is 0 Å². The first-order chi connectivity index (χ1) is 7.31.